The number of aliphatic hydroxyl groups is 1. The van der Waals surface area contributed by atoms with Crippen LogP contribution in [0.4, 0.5) is 22.0 Å². The molecule has 0 aliphatic rings. The van der Waals surface area contributed by atoms with Crippen molar-refractivity contribution >= 4 is 10.1 Å². The fourth-order valence-electron chi connectivity index (χ4n) is 1.36. The first kappa shape index (κ1) is 15.8. The van der Waals surface area contributed by atoms with Crippen molar-refractivity contribution in [3.8, 4) is 0 Å². The molecule has 1 aromatic rings. The second kappa shape index (κ2) is 4.39. The zero-order valence-electron chi connectivity index (χ0n) is 8.86. The van der Waals surface area contributed by atoms with Crippen LogP contribution >= 0.6 is 0 Å². The Hall–Kier alpha value is -1.26. The van der Waals surface area contributed by atoms with Gasteiger partial charge in [-0.25, -0.2) is 8.42 Å². The second-order valence-corrected chi connectivity index (χ2v) is 4.97. The molecule has 0 spiro atoms. The largest absolute Gasteiger partial charge is 0.743 e. The molecule has 1 unspecified atom stereocenters. The molecule has 0 aliphatic heterocycles. The maximum atomic E-state index is 13.3. The van der Waals surface area contributed by atoms with Crippen molar-refractivity contribution in [2.24, 2.45) is 0 Å². The third kappa shape index (κ3) is 2.30. The molecule has 0 bridgehead atoms. The van der Waals surface area contributed by atoms with Gasteiger partial charge >= 0.3 is 11.4 Å². The number of halogens is 5. The molecule has 0 aliphatic carbocycles. The van der Waals surface area contributed by atoms with E-state index >= 15 is 0 Å². The molecule has 10 heteroatoms. The predicted molar refractivity (Wildman–Crippen MR) is 51.0 cm³/mol. The minimum Gasteiger partial charge on any atom is -0.743 e. The van der Waals surface area contributed by atoms with Gasteiger partial charge in [-0.1, -0.05) is 30.3 Å². The van der Waals surface area contributed by atoms with E-state index in [2.05, 4.69) is 0 Å². The van der Waals surface area contributed by atoms with Crippen molar-refractivity contribution < 1.29 is 40.0 Å². The maximum absolute atomic E-state index is 13.3. The van der Waals surface area contributed by atoms with Crippen LogP contribution in [-0.4, -0.2) is 29.5 Å². The molecule has 19 heavy (non-hydrogen) atoms. The molecule has 1 atom stereocenters. The molecule has 0 saturated heterocycles. The van der Waals surface area contributed by atoms with Crippen molar-refractivity contribution in [2.75, 3.05) is 0 Å². The third-order valence-electron chi connectivity index (χ3n) is 2.34. The van der Waals surface area contributed by atoms with Gasteiger partial charge in [0.05, 0.1) is 0 Å². The summed E-state index contributed by atoms with van der Waals surface area (Å²) in [5.74, 6) is 0. The fourth-order valence-corrected chi connectivity index (χ4v) is 1.95. The fraction of sp³-hybridized carbons (Fsp3) is 0.333. The third-order valence-corrected chi connectivity index (χ3v) is 3.26. The Morgan fingerprint density at radius 2 is 1.42 bits per heavy atom. The summed E-state index contributed by atoms with van der Waals surface area (Å²) in [7, 11) is -6.74. The van der Waals surface area contributed by atoms with Gasteiger partial charge in [0, 0.05) is 5.56 Å². The van der Waals surface area contributed by atoms with Crippen LogP contribution in [0.25, 0.3) is 0 Å². The van der Waals surface area contributed by atoms with Crippen molar-refractivity contribution in [2.45, 2.75) is 17.0 Å². The van der Waals surface area contributed by atoms with Crippen molar-refractivity contribution in [1.29, 1.82) is 0 Å². The van der Waals surface area contributed by atoms with E-state index in [0.29, 0.717) is 12.1 Å². The van der Waals surface area contributed by atoms with Gasteiger partial charge < -0.3 is 9.66 Å². The quantitative estimate of drug-likeness (QED) is 0.679. The summed E-state index contributed by atoms with van der Waals surface area (Å²) in [6.07, 6.45) is -6.07. The van der Waals surface area contributed by atoms with Crippen LogP contribution in [0.5, 0.6) is 0 Å². The summed E-state index contributed by atoms with van der Waals surface area (Å²) < 4.78 is 95.7. The molecule has 1 N–H and O–H groups in total. The highest BCUT2D eigenvalue weighted by atomic mass is 32.2. The number of hydrogen-bond acceptors (Lipinski definition) is 4. The Morgan fingerprint density at radius 1 is 1.00 bits per heavy atom. The molecule has 4 nitrogen and oxygen atoms in total. The van der Waals surface area contributed by atoms with Crippen LogP contribution in [-0.2, 0) is 15.7 Å². The summed E-state index contributed by atoms with van der Waals surface area (Å²) in [4.78, 5) is 0. The Morgan fingerprint density at radius 3 is 1.74 bits per heavy atom. The SMILES string of the molecule is O=S(=O)([O-])C(F)(F)C(O)(c1ccccc1)C(F)(F)F. The molecule has 0 fully saturated rings. The first-order chi connectivity index (χ1) is 8.36. The Labute approximate surface area is 104 Å². The first-order valence-electron chi connectivity index (χ1n) is 4.53. The first-order valence-corrected chi connectivity index (χ1v) is 5.94. The molecule has 0 saturated carbocycles. The average Bonchev–Trinajstić information content (AvgIpc) is 2.25. The second-order valence-electron chi connectivity index (χ2n) is 3.55. The van der Waals surface area contributed by atoms with E-state index in [-0.39, 0.29) is 0 Å². The smallest absolute Gasteiger partial charge is 0.428 e. The van der Waals surface area contributed by atoms with Crippen LogP contribution in [0.1, 0.15) is 5.56 Å². The molecule has 0 heterocycles. The van der Waals surface area contributed by atoms with Crippen molar-refractivity contribution in [3.05, 3.63) is 35.9 Å². The lowest BCUT2D eigenvalue weighted by Crippen LogP contribution is -2.59. The zero-order chi connectivity index (χ0) is 15.1. The van der Waals surface area contributed by atoms with Crippen LogP contribution < -0.4 is 0 Å². The molecule has 108 valence electrons. The topological polar surface area (TPSA) is 77.4 Å². The Balaban J connectivity index is 3.66. The molecular formula is C9H6F5O4S-. The van der Waals surface area contributed by atoms with Crippen molar-refractivity contribution in [1.82, 2.24) is 0 Å². The standard InChI is InChI=1S/C9H7F5O4S/c10-8(11,12)7(15,6-4-2-1-3-5-6)9(13,14)19(16,17)18/h1-5,15H,(H,16,17,18)/p-1. The lowest BCUT2D eigenvalue weighted by Gasteiger charge is -2.38. The van der Waals surface area contributed by atoms with Gasteiger partial charge in [-0.2, -0.15) is 22.0 Å². The molecule has 0 aromatic heterocycles. The molecule has 1 rings (SSSR count). The number of hydrogen-bond donors (Lipinski definition) is 1. The van der Waals surface area contributed by atoms with E-state index in [1.807, 2.05) is 0 Å². The average molecular weight is 305 g/mol. The Kier molecular flexibility index (Phi) is 3.65. The monoisotopic (exact) mass is 305 g/mol. The highest BCUT2D eigenvalue weighted by Gasteiger charge is 2.73. The highest BCUT2D eigenvalue weighted by Crippen LogP contribution is 2.51. The van der Waals surface area contributed by atoms with E-state index in [4.69, 9.17) is 0 Å². The van der Waals surface area contributed by atoms with E-state index < -0.39 is 32.7 Å². The lowest BCUT2D eigenvalue weighted by molar-refractivity contribution is -0.318. The molecule has 0 radical (unpaired) electrons. The summed E-state index contributed by atoms with van der Waals surface area (Å²) >= 11 is 0. The van der Waals surface area contributed by atoms with E-state index in [1.165, 1.54) is 0 Å². The number of alkyl halides is 5. The normalized spacial score (nSPS) is 17.0. The van der Waals surface area contributed by atoms with E-state index in [0.717, 1.165) is 18.2 Å². The van der Waals surface area contributed by atoms with Crippen LogP contribution in [0.15, 0.2) is 30.3 Å². The molecular weight excluding hydrogens is 299 g/mol. The van der Waals surface area contributed by atoms with Crippen LogP contribution in [0, 0.1) is 0 Å². The minimum absolute atomic E-state index is 0.437. The van der Waals surface area contributed by atoms with Gasteiger partial charge in [0.25, 0.3) is 5.60 Å². The van der Waals surface area contributed by atoms with E-state index in [1.54, 1.807) is 0 Å². The van der Waals surface area contributed by atoms with Gasteiger partial charge in [0.15, 0.2) is 10.1 Å². The van der Waals surface area contributed by atoms with Crippen LogP contribution in [0.3, 0.4) is 0 Å². The molecule has 1 aromatic carbocycles. The molecule has 0 amide bonds. The summed E-state index contributed by atoms with van der Waals surface area (Å²) in [5, 5.41) is 3.26. The highest BCUT2D eigenvalue weighted by molar-refractivity contribution is 7.86. The van der Waals surface area contributed by atoms with Crippen molar-refractivity contribution in [3.63, 3.8) is 0 Å². The lowest BCUT2D eigenvalue weighted by atomic mass is 9.93. The number of benzene rings is 1. The maximum Gasteiger partial charge on any atom is 0.428 e. The van der Waals surface area contributed by atoms with E-state index in [9.17, 15) is 40.0 Å². The predicted octanol–water partition coefficient (Wildman–Crippen LogP) is 1.57. The zero-order valence-corrected chi connectivity index (χ0v) is 9.67. The van der Waals surface area contributed by atoms with Gasteiger partial charge in [0.1, 0.15) is 0 Å². The van der Waals surface area contributed by atoms with Crippen LogP contribution in [0.2, 0.25) is 0 Å². The summed E-state index contributed by atoms with van der Waals surface area (Å²) in [6.45, 7) is 0. The minimum atomic E-state index is -6.74. The Bertz CT molecular complexity index is 554. The number of rotatable bonds is 3. The van der Waals surface area contributed by atoms with Gasteiger partial charge in [0.2, 0.25) is 0 Å². The van der Waals surface area contributed by atoms with Gasteiger partial charge in [-0.3, -0.25) is 0 Å². The van der Waals surface area contributed by atoms with Gasteiger partial charge in [-0.15, -0.1) is 0 Å². The summed E-state index contributed by atoms with van der Waals surface area (Å²) in [6, 6.07) is 3.78. The van der Waals surface area contributed by atoms with Gasteiger partial charge in [-0.05, 0) is 0 Å². The summed E-state index contributed by atoms with van der Waals surface area (Å²) in [5.41, 5.74) is -6.58.